The van der Waals surface area contributed by atoms with Gasteiger partial charge in [0.05, 0.1) is 0 Å². The average molecular weight is 251 g/mol. The molecule has 3 heteroatoms. The molecule has 0 saturated carbocycles. The van der Waals surface area contributed by atoms with Crippen molar-refractivity contribution in [3.8, 4) is 17.2 Å². The molecule has 0 aliphatic rings. The van der Waals surface area contributed by atoms with E-state index in [1.807, 2.05) is 27.7 Å². The molecule has 1 aromatic heterocycles. The standard InChI is InChI=1S/C16H17N3/c1-9-5-6-10(2)13(7-9)15-11(3)12(4)19-16(18)14(15)8-17/h5-7H,1-4H3,(H2,18,19). The first-order valence-electron chi connectivity index (χ1n) is 6.20. The van der Waals surface area contributed by atoms with Gasteiger partial charge in [-0.2, -0.15) is 5.26 Å². The third-order valence-corrected chi connectivity index (χ3v) is 3.49. The van der Waals surface area contributed by atoms with Gasteiger partial charge in [0.25, 0.3) is 0 Å². The lowest BCUT2D eigenvalue weighted by Gasteiger charge is -2.15. The summed E-state index contributed by atoms with van der Waals surface area (Å²) in [6.45, 7) is 7.99. The summed E-state index contributed by atoms with van der Waals surface area (Å²) < 4.78 is 0. The minimum Gasteiger partial charge on any atom is -0.383 e. The number of nitrogens with zero attached hydrogens (tertiary/aromatic N) is 2. The maximum atomic E-state index is 9.37. The molecule has 0 radical (unpaired) electrons. The largest absolute Gasteiger partial charge is 0.383 e. The van der Waals surface area contributed by atoms with Crippen molar-refractivity contribution in [1.29, 1.82) is 5.26 Å². The number of anilines is 1. The van der Waals surface area contributed by atoms with Gasteiger partial charge in [-0.1, -0.05) is 23.8 Å². The number of nitrogen functional groups attached to an aromatic ring is 1. The van der Waals surface area contributed by atoms with Crippen molar-refractivity contribution < 1.29 is 0 Å². The number of hydrogen-bond acceptors (Lipinski definition) is 3. The van der Waals surface area contributed by atoms with E-state index in [9.17, 15) is 5.26 Å². The number of aromatic nitrogens is 1. The summed E-state index contributed by atoms with van der Waals surface area (Å²) in [6, 6.07) is 8.42. The second-order valence-electron chi connectivity index (χ2n) is 4.89. The normalized spacial score (nSPS) is 10.3. The molecular weight excluding hydrogens is 234 g/mol. The van der Waals surface area contributed by atoms with Crippen LogP contribution in [0, 0.1) is 39.0 Å². The quantitative estimate of drug-likeness (QED) is 0.844. The van der Waals surface area contributed by atoms with Gasteiger partial charge in [0.1, 0.15) is 17.5 Å². The van der Waals surface area contributed by atoms with Crippen molar-refractivity contribution in [3.05, 3.63) is 46.1 Å². The lowest BCUT2D eigenvalue weighted by molar-refractivity contribution is 1.15. The van der Waals surface area contributed by atoms with E-state index < -0.39 is 0 Å². The molecule has 0 spiro atoms. The minimum absolute atomic E-state index is 0.307. The molecule has 0 bridgehead atoms. The Hall–Kier alpha value is -2.34. The van der Waals surface area contributed by atoms with Crippen LogP contribution in [0.2, 0.25) is 0 Å². The van der Waals surface area contributed by atoms with Crippen LogP contribution in [-0.2, 0) is 0 Å². The maximum Gasteiger partial charge on any atom is 0.142 e. The Morgan fingerprint density at radius 2 is 1.84 bits per heavy atom. The Morgan fingerprint density at radius 1 is 1.16 bits per heavy atom. The molecule has 2 N–H and O–H groups in total. The highest BCUT2D eigenvalue weighted by Gasteiger charge is 2.16. The monoisotopic (exact) mass is 251 g/mol. The summed E-state index contributed by atoms with van der Waals surface area (Å²) in [4.78, 5) is 4.24. The van der Waals surface area contributed by atoms with Gasteiger partial charge in [-0.15, -0.1) is 0 Å². The van der Waals surface area contributed by atoms with E-state index >= 15 is 0 Å². The van der Waals surface area contributed by atoms with Crippen LogP contribution >= 0.6 is 0 Å². The Labute approximate surface area is 113 Å². The highest BCUT2D eigenvalue weighted by Crippen LogP contribution is 2.33. The van der Waals surface area contributed by atoms with E-state index in [0.717, 1.165) is 33.5 Å². The predicted molar refractivity (Wildman–Crippen MR) is 77.7 cm³/mol. The molecule has 3 nitrogen and oxygen atoms in total. The van der Waals surface area contributed by atoms with Crippen LogP contribution in [0.25, 0.3) is 11.1 Å². The van der Waals surface area contributed by atoms with Gasteiger partial charge in [0.15, 0.2) is 0 Å². The van der Waals surface area contributed by atoms with Crippen molar-refractivity contribution in [1.82, 2.24) is 4.98 Å². The van der Waals surface area contributed by atoms with Crippen LogP contribution < -0.4 is 5.73 Å². The number of aryl methyl sites for hydroxylation is 3. The van der Waals surface area contributed by atoms with Crippen molar-refractivity contribution in [2.75, 3.05) is 5.73 Å². The summed E-state index contributed by atoms with van der Waals surface area (Å²) in [5.74, 6) is 0.307. The summed E-state index contributed by atoms with van der Waals surface area (Å²) in [6.07, 6.45) is 0. The van der Waals surface area contributed by atoms with Crippen LogP contribution in [-0.4, -0.2) is 4.98 Å². The lowest BCUT2D eigenvalue weighted by atomic mass is 9.91. The SMILES string of the molecule is Cc1ccc(C)c(-c2c(C)c(C)nc(N)c2C#N)c1. The highest BCUT2D eigenvalue weighted by atomic mass is 14.8. The smallest absolute Gasteiger partial charge is 0.142 e. The molecule has 1 heterocycles. The van der Waals surface area contributed by atoms with Gasteiger partial charge < -0.3 is 5.73 Å². The van der Waals surface area contributed by atoms with Crippen LogP contribution in [0.4, 0.5) is 5.82 Å². The number of benzene rings is 1. The molecule has 0 unspecified atom stereocenters. The fraction of sp³-hybridized carbons (Fsp3) is 0.250. The predicted octanol–water partition coefficient (Wildman–Crippen LogP) is 3.44. The number of rotatable bonds is 1. The van der Waals surface area contributed by atoms with Gasteiger partial charge in [-0.25, -0.2) is 4.98 Å². The Morgan fingerprint density at radius 3 is 2.47 bits per heavy atom. The highest BCUT2D eigenvalue weighted by molar-refractivity contribution is 5.80. The Balaban J connectivity index is 2.89. The summed E-state index contributed by atoms with van der Waals surface area (Å²) in [5.41, 5.74) is 12.5. The first kappa shape index (κ1) is 13.1. The van der Waals surface area contributed by atoms with E-state index in [4.69, 9.17) is 5.73 Å². The van der Waals surface area contributed by atoms with E-state index in [1.165, 1.54) is 0 Å². The van der Waals surface area contributed by atoms with Gasteiger partial charge >= 0.3 is 0 Å². The molecule has 0 saturated heterocycles. The van der Waals surface area contributed by atoms with E-state index in [2.05, 4.69) is 29.3 Å². The number of nitriles is 1. The molecule has 0 aliphatic carbocycles. The summed E-state index contributed by atoms with van der Waals surface area (Å²) in [7, 11) is 0. The molecule has 0 aliphatic heterocycles. The molecule has 2 aromatic rings. The van der Waals surface area contributed by atoms with Crippen molar-refractivity contribution >= 4 is 5.82 Å². The molecule has 0 atom stereocenters. The second kappa shape index (κ2) is 4.74. The molecule has 0 amide bonds. The summed E-state index contributed by atoms with van der Waals surface area (Å²) >= 11 is 0. The number of hydrogen-bond donors (Lipinski definition) is 1. The summed E-state index contributed by atoms with van der Waals surface area (Å²) in [5, 5.41) is 9.37. The fourth-order valence-electron chi connectivity index (χ4n) is 2.27. The zero-order chi connectivity index (χ0) is 14.2. The van der Waals surface area contributed by atoms with Gasteiger partial charge in [-0.3, -0.25) is 0 Å². The zero-order valence-electron chi connectivity index (χ0n) is 11.7. The zero-order valence-corrected chi connectivity index (χ0v) is 11.7. The molecule has 19 heavy (non-hydrogen) atoms. The van der Waals surface area contributed by atoms with Gasteiger partial charge in [0.2, 0.25) is 0 Å². The van der Waals surface area contributed by atoms with Crippen LogP contribution in [0.15, 0.2) is 18.2 Å². The topological polar surface area (TPSA) is 62.7 Å². The van der Waals surface area contributed by atoms with E-state index in [1.54, 1.807) is 0 Å². The van der Waals surface area contributed by atoms with E-state index in [0.29, 0.717) is 11.4 Å². The van der Waals surface area contributed by atoms with E-state index in [-0.39, 0.29) is 0 Å². The van der Waals surface area contributed by atoms with Crippen molar-refractivity contribution in [3.63, 3.8) is 0 Å². The maximum absolute atomic E-state index is 9.37. The van der Waals surface area contributed by atoms with Crippen LogP contribution in [0.1, 0.15) is 27.9 Å². The van der Waals surface area contributed by atoms with Crippen molar-refractivity contribution in [2.24, 2.45) is 0 Å². The third-order valence-electron chi connectivity index (χ3n) is 3.49. The van der Waals surface area contributed by atoms with Gasteiger partial charge in [0, 0.05) is 11.3 Å². The Kier molecular flexibility index (Phi) is 3.26. The molecular formula is C16H17N3. The molecule has 96 valence electrons. The molecule has 1 aromatic carbocycles. The average Bonchev–Trinajstić information content (AvgIpc) is 2.36. The first-order chi connectivity index (χ1) is 8.95. The number of pyridine rings is 1. The van der Waals surface area contributed by atoms with Crippen LogP contribution in [0.3, 0.4) is 0 Å². The molecule has 2 rings (SSSR count). The second-order valence-corrected chi connectivity index (χ2v) is 4.89. The Bertz CT molecular complexity index is 694. The fourth-order valence-corrected chi connectivity index (χ4v) is 2.27. The minimum atomic E-state index is 0.307. The third kappa shape index (κ3) is 2.17. The lowest BCUT2D eigenvalue weighted by Crippen LogP contribution is -2.03. The van der Waals surface area contributed by atoms with Crippen LogP contribution in [0.5, 0.6) is 0 Å². The molecule has 0 fully saturated rings. The van der Waals surface area contributed by atoms with Crippen molar-refractivity contribution in [2.45, 2.75) is 27.7 Å². The number of nitrogens with two attached hydrogens (primary N) is 1. The van der Waals surface area contributed by atoms with Gasteiger partial charge in [-0.05, 0) is 44.4 Å². The first-order valence-corrected chi connectivity index (χ1v) is 6.20.